The van der Waals surface area contributed by atoms with Gasteiger partial charge in [-0.05, 0) is 25.7 Å². The number of hydrogen-bond acceptors (Lipinski definition) is 15. The van der Waals surface area contributed by atoms with Crippen LogP contribution in [0, 0.1) is 0 Å². The van der Waals surface area contributed by atoms with Crippen molar-refractivity contribution in [3.05, 3.63) is 0 Å². The SMILES string of the molecule is CCCCCCCCCC(=O)O[C@H](COC(=O)CCC)COP(=O)(O)OC[C@@H](O)COP(=O)(O)OC[C@@H](COC(=O)CCCCCC)OC(=O)CCCCCCCC. The lowest BCUT2D eigenvalue weighted by atomic mass is 10.1. The van der Waals surface area contributed by atoms with Gasteiger partial charge in [0.05, 0.1) is 26.4 Å². The van der Waals surface area contributed by atoms with Crippen molar-refractivity contribution in [3.63, 3.8) is 0 Å². The minimum Gasteiger partial charge on any atom is -0.462 e. The van der Waals surface area contributed by atoms with Crippen LogP contribution in [0.3, 0.4) is 0 Å². The first-order chi connectivity index (χ1) is 27.7. The standard InChI is InChI=1S/C39H74O17P2/c1-5-9-12-15-17-19-22-26-39(44)55-34(29-49-36(41)23-8-4)31-53-57(45,46)51-27-33(40)28-52-58(47,48)54-32-35(30-50-37(42)24-20-14-11-7-3)56-38(43)25-21-18-16-13-10-6-2/h33-35,40H,5-32H2,1-4H3,(H,45,46)(H,47,48)/t33-,34-,35-/m1/s1. The summed E-state index contributed by atoms with van der Waals surface area (Å²) in [7, 11) is -9.79. The number of hydrogen-bond donors (Lipinski definition) is 3. The van der Waals surface area contributed by atoms with E-state index in [-0.39, 0.29) is 25.7 Å². The van der Waals surface area contributed by atoms with E-state index >= 15 is 0 Å². The molecule has 0 bridgehead atoms. The van der Waals surface area contributed by atoms with Crippen LogP contribution in [0.1, 0.15) is 169 Å². The Labute approximate surface area is 346 Å². The van der Waals surface area contributed by atoms with Crippen molar-refractivity contribution in [2.24, 2.45) is 0 Å². The lowest BCUT2D eigenvalue weighted by molar-refractivity contribution is -0.161. The molecular formula is C39H74O17P2. The van der Waals surface area contributed by atoms with Gasteiger partial charge in [-0.2, -0.15) is 0 Å². The van der Waals surface area contributed by atoms with Crippen LogP contribution in [0.15, 0.2) is 0 Å². The number of aliphatic hydroxyl groups excluding tert-OH is 1. The van der Waals surface area contributed by atoms with Crippen LogP contribution >= 0.6 is 15.6 Å². The van der Waals surface area contributed by atoms with Crippen LogP contribution in [0.5, 0.6) is 0 Å². The van der Waals surface area contributed by atoms with Gasteiger partial charge in [-0.25, -0.2) is 9.13 Å². The fraction of sp³-hybridized carbons (Fsp3) is 0.897. The first-order valence-corrected chi connectivity index (χ1v) is 24.3. The smallest absolute Gasteiger partial charge is 0.462 e. The number of unbranched alkanes of at least 4 members (excludes halogenated alkanes) is 14. The molecule has 0 aromatic heterocycles. The fourth-order valence-electron chi connectivity index (χ4n) is 5.25. The molecule has 3 N–H and O–H groups in total. The molecule has 0 amide bonds. The first kappa shape index (κ1) is 56.1. The maximum atomic E-state index is 12.6. The highest BCUT2D eigenvalue weighted by Gasteiger charge is 2.30. The Kier molecular flexibility index (Phi) is 34.6. The van der Waals surface area contributed by atoms with E-state index < -0.39 is 97.5 Å². The predicted octanol–water partition coefficient (Wildman–Crippen LogP) is 8.19. The predicted molar refractivity (Wildman–Crippen MR) is 215 cm³/mol. The summed E-state index contributed by atoms with van der Waals surface area (Å²) in [4.78, 5) is 69.5. The summed E-state index contributed by atoms with van der Waals surface area (Å²) >= 11 is 0. The normalized spacial score (nSPS) is 15.1. The number of carbonyl (C=O) groups is 4. The van der Waals surface area contributed by atoms with E-state index in [1.165, 1.54) is 0 Å². The molecule has 0 heterocycles. The van der Waals surface area contributed by atoms with E-state index in [2.05, 4.69) is 13.8 Å². The Balaban J connectivity index is 5.02. The number of aliphatic hydroxyl groups is 1. The second kappa shape index (κ2) is 35.8. The highest BCUT2D eigenvalue weighted by molar-refractivity contribution is 7.47. The molecule has 17 nitrogen and oxygen atoms in total. The molecule has 0 aliphatic carbocycles. The number of rotatable bonds is 40. The number of phosphoric acid groups is 2. The molecule has 0 spiro atoms. The van der Waals surface area contributed by atoms with Crippen LogP contribution in [0.4, 0.5) is 0 Å². The fourth-order valence-corrected chi connectivity index (χ4v) is 6.83. The molecule has 0 aliphatic heterocycles. The summed E-state index contributed by atoms with van der Waals surface area (Å²) in [5.41, 5.74) is 0. The van der Waals surface area contributed by atoms with Crippen LogP contribution in [0.2, 0.25) is 0 Å². The molecule has 58 heavy (non-hydrogen) atoms. The Bertz CT molecular complexity index is 1190. The third-order valence-electron chi connectivity index (χ3n) is 8.57. The summed E-state index contributed by atoms with van der Waals surface area (Å²) < 4.78 is 65.7. The first-order valence-electron chi connectivity index (χ1n) is 21.3. The van der Waals surface area contributed by atoms with Crippen molar-refractivity contribution in [3.8, 4) is 0 Å². The highest BCUT2D eigenvalue weighted by atomic mass is 31.2. The van der Waals surface area contributed by atoms with Crippen LogP contribution in [0.25, 0.3) is 0 Å². The summed E-state index contributed by atoms with van der Waals surface area (Å²) in [6.07, 6.45) is 12.8. The van der Waals surface area contributed by atoms with Crippen molar-refractivity contribution in [1.29, 1.82) is 0 Å². The summed E-state index contributed by atoms with van der Waals surface area (Å²) in [6, 6.07) is 0. The van der Waals surface area contributed by atoms with Crippen molar-refractivity contribution < 1.29 is 80.2 Å². The molecule has 342 valence electrons. The van der Waals surface area contributed by atoms with E-state index in [1.54, 1.807) is 6.92 Å². The van der Waals surface area contributed by atoms with E-state index in [0.29, 0.717) is 25.7 Å². The summed E-state index contributed by atoms with van der Waals surface area (Å²) in [5, 5.41) is 10.2. The van der Waals surface area contributed by atoms with Gasteiger partial charge >= 0.3 is 39.5 Å². The maximum Gasteiger partial charge on any atom is 0.472 e. The Morgan fingerprint density at radius 2 is 0.724 bits per heavy atom. The van der Waals surface area contributed by atoms with Crippen molar-refractivity contribution in [2.45, 2.75) is 187 Å². The number of esters is 4. The third kappa shape index (κ3) is 34.9. The molecule has 2 unspecified atom stereocenters. The molecule has 19 heteroatoms. The molecule has 0 saturated carbocycles. The summed E-state index contributed by atoms with van der Waals surface area (Å²) in [6.45, 7) is 4.06. The van der Waals surface area contributed by atoms with Gasteiger partial charge in [0.2, 0.25) is 0 Å². The monoisotopic (exact) mass is 876 g/mol. The molecule has 0 saturated heterocycles. The average molecular weight is 877 g/mol. The molecule has 0 aromatic rings. The largest absolute Gasteiger partial charge is 0.472 e. The zero-order valence-electron chi connectivity index (χ0n) is 35.5. The minimum atomic E-state index is -4.90. The van der Waals surface area contributed by atoms with Crippen LogP contribution < -0.4 is 0 Å². The van der Waals surface area contributed by atoms with E-state index in [0.717, 1.165) is 89.9 Å². The molecule has 0 rings (SSSR count). The topological polar surface area (TPSA) is 237 Å². The van der Waals surface area contributed by atoms with E-state index in [4.69, 9.17) is 37.0 Å². The van der Waals surface area contributed by atoms with Gasteiger partial charge in [0.1, 0.15) is 19.3 Å². The zero-order valence-corrected chi connectivity index (χ0v) is 37.3. The van der Waals surface area contributed by atoms with Gasteiger partial charge in [-0.15, -0.1) is 0 Å². The third-order valence-corrected chi connectivity index (χ3v) is 10.5. The maximum absolute atomic E-state index is 12.6. The Hall–Kier alpha value is -1.94. The minimum absolute atomic E-state index is 0.1000. The molecule has 0 aliphatic rings. The quantitative estimate of drug-likeness (QED) is 0.0228. The lowest BCUT2D eigenvalue weighted by Gasteiger charge is -2.21. The average Bonchev–Trinajstić information content (AvgIpc) is 3.18. The van der Waals surface area contributed by atoms with Gasteiger partial charge in [-0.3, -0.25) is 37.3 Å². The molecular weight excluding hydrogens is 802 g/mol. The Morgan fingerprint density at radius 1 is 0.414 bits per heavy atom. The molecule has 0 fully saturated rings. The molecule has 5 atom stereocenters. The lowest BCUT2D eigenvalue weighted by Crippen LogP contribution is -2.30. The zero-order chi connectivity index (χ0) is 43.5. The second-order valence-corrected chi connectivity index (χ2v) is 17.2. The Morgan fingerprint density at radius 3 is 1.10 bits per heavy atom. The van der Waals surface area contributed by atoms with E-state index in [1.807, 2.05) is 6.92 Å². The molecule has 0 aromatic carbocycles. The van der Waals surface area contributed by atoms with Crippen molar-refractivity contribution in [1.82, 2.24) is 0 Å². The van der Waals surface area contributed by atoms with Crippen LogP contribution in [-0.2, 0) is 65.4 Å². The van der Waals surface area contributed by atoms with E-state index in [9.17, 15) is 43.2 Å². The van der Waals surface area contributed by atoms with Gasteiger partial charge < -0.3 is 33.8 Å². The summed E-state index contributed by atoms with van der Waals surface area (Å²) in [5.74, 6) is -2.26. The van der Waals surface area contributed by atoms with Crippen LogP contribution in [-0.4, -0.2) is 96.7 Å². The number of ether oxygens (including phenoxy) is 4. The number of phosphoric ester groups is 2. The van der Waals surface area contributed by atoms with Gasteiger partial charge in [0.15, 0.2) is 12.2 Å². The highest BCUT2D eigenvalue weighted by Crippen LogP contribution is 2.45. The van der Waals surface area contributed by atoms with Gasteiger partial charge in [-0.1, -0.05) is 118 Å². The van der Waals surface area contributed by atoms with Gasteiger partial charge in [0.25, 0.3) is 0 Å². The van der Waals surface area contributed by atoms with Gasteiger partial charge in [0, 0.05) is 25.7 Å². The van der Waals surface area contributed by atoms with Crippen molar-refractivity contribution >= 4 is 39.5 Å². The molecule has 0 radical (unpaired) electrons. The van der Waals surface area contributed by atoms with Crippen molar-refractivity contribution in [2.75, 3.05) is 39.6 Å². The second-order valence-electron chi connectivity index (χ2n) is 14.3. The number of carbonyl (C=O) groups excluding carboxylic acids is 4.